The van der Waals surface area contributed by atoms with Gasteiger partial charge >= 0.3 is 0 Å². The highest BCUT2D eigenvalue weighted by Crippen LogP contribution is 2.43. The monoisotopic (exact) mass is 414 g/mol. The second kappa shape index (κ2) is 8.08. The zero-order chi connectivity index (χ0) is 22.2. The smallest absolute Gasteiger partial charge is 0.264 e. The lowest BCUT2D eigenvalue weighted by atomic mass is 9.89. The van der Waals surface area contributed by atoms with Crippen LogP contribution in [0.15, 0.2) is 66.9 Å². The Kier molecular flexibility index (Phi) is 5.46. The van der Waals surface area contributed by atoms with Crippen LogP contribution < -0.4 is 4.90 Å². The molecule has 0 fully saturated rings. The van der Waals surface area contributed by atoms with E-state index in [1.807, 2.05) is 19.1 Å². The van der Waals surface area contributed by atoms with Crippen LogP contribution in [0, 0.1) is 6.92 Å². The van der Waals surface area contributed by atoms with Crippen molar-refractivity contribution in [3.05, 3.63) is 94.8 Å². The number of pyridine rings is 1. The summed E-state index contributed by atoms with van der Waals surface area (Å²) < 4.78 is 0. The number of amides is 1. The van der Waals surface area contributed by atoms with Crippen molar-refractivity contribution in [1.82, 2.24) is 4.98 Å². The number of para-hydroxylation sites is 1. The number of carbonyl (C=O) groups excluding carboxylic acids is 2. The zero-order valence-corrected chi connectivity index (χ0v) is 18.0. The first-order valence-corrected chi connectivity index (χ1v) is 10.5. The number of hydrogen-bond donors (Lipinski definition) is 1. The maximum Gasteiger partial charge on any atom is 0.264 e. The zero-order valence-electron chi connectivity index (χ0n) is 18.0. The van der Waals surface area contributed by atoms with Crippen LogP contribution in [0.1, 0.15) is 58.9 Å². The number of hydrogen-bond acceptors (Lipinski definition) is 4. The molecule has 0 saturated heterocycles. The lowest BCUT2D eigenvalue weighted by molar-refractivity contribution is -0.136. The average molecular weight is 415 g/mol. The molecule has 3 aromatic rings. The Morgan fingerprint density at radius 1 is 1.10 bits per heavy atom. The molecular formula is C26H26N2O3. The van der Waals surface area contributed by atoms with Crippen LogP contribution in [0.5, 0.6) is 0 Å². The van der Waals surface area contributed by atoms with Crippen molar-refractivity contribution >= 4 is 17.4 Å². The summed E-state index contributed by atoms with van der Waals surface area (Å²) in [6.45, 7) is 6.62. The van der Waals surface area contributed by atoms with Gasteiger partial charge in [-0.15, -0.1) is 0 Å². The van der Waals surface area contributed by atoms with Gasteiger partial charge in [-0.1, -0.05) is 56.3 Å². The van der Waals surface area contributed by atoms with Crippen LogP contribution in [-0.2, 0) is 16.9 Å². The number of ketones is 1. The summed E-state index contributed by atoms with van der Waals surface area (Å²) >= 11 is 0. The van der Waals surface area contributed by atoms with Crippen molar-refractivity contribution in [3.8, 4) is 0 Å². The second-order valence-electron chi connectivity index (χ2n) is 8.42. The molecule has 1 aliphatic heterocycles. The number of carbonyl (C=O) groups is 2. The molecule has 1 amide bonds. The quantitative estimate of drug-likeness (QED) is 0.602. The van der Waals surface area contributed by atoms with Gasteiger partial charge in [-0.25, -0.2) is 0 Å². The van der Waals surface area contributed by atoms with E-state index < -0.39 is 11.5 Å². The van der Waals surface area contributed by atoms with Gasteiger partial charge in [-0.3, -0.25) is 14.6 Å². The molecule has 31 heavy (non-hydrogen) atoms. The van der Waals surface area contributed by atoms with E-state index in [1.54, 1.807) is 35.2 Å². The Balaban J connectivity index is 1.70. The van der Waals surface area contributed by atoms with Gasteiger partial charge in [-0.2, -0.15) is 0 Å². The third kappa shape index (κ3) is 3.77. The number of aromatic nitrogens is 1. The van der Waals surface area contributed by atoms with Crippen molar-refractivity contribution in [2.45, 2.75) is 45.3 Å². The minimum absolute atomic E-state index is 0.236. The third-order valence-electron chi connectivity index (χ3n) is 5.97. The summed E-state index contributed by atoms with van der Waals surface area (Å²) in [6.07, 6.45) is 1.18. The number of aryl methyl sites for hydroxylation is 1. The Bertz CT molecular complexity index is 1140. The van der Waals surface area contributed by atoms with Crippen LogP contribution >= 0.6 is 0 Å². The van der Waals surface area contributed by atoms with E-state index in [-0.39, 0.29) is 17.9 Å². The fourth-order valence-corrected chi connectivity index (χ4v) is 4.08. The highest BCUT2D eigenvalue weighted by atomic mass is 16.3. The number of nitrogens with zero attached hydrogens (tertiary/aromatic N) is 2. The first kappa shape index (κ1) is 20.9. The van der Waals surface area contributed by atoms with E-state index in [1.165, 1.54) is 11.8 Å². The molecule has 1 aliphatic rings. The SMILES string of the molecule is Cc1ccc(C(C)C)cc1CN1C(=O)[C@](O)(CC(=O)c2ccccn2)c2ccccc21. The Hall–Kier alpha value is -3.31. The van der Waals surface area contributed by atoms with Crippen LogP contribution in [-0.4, -0.2) is 21.8 Å². The van der Waals surface area contributed by atoms with Gasteiger partial charge in [0.15, 0.2) is 11.4 Å². The molecule has 0 bridgehead atoms. The standard InChI is InChI=1S/C26H26N2O3/c1-17(2)19-12-11-18(3)20(14-19)16-28-23-10-5-4-8-21(23)26(31,25(28)30)15-24(29)22-9-6-7-13-27-22/h4-14,17,31H,15-16H2,1-3H3/t26-/m0/s1. The van der Waals surface area contributed by atoms with Crippen molar-refractivity contribution in [1.29, 1.82) is 0 Å². The number of rotatable bonds is 6. The molecule has 0 radical (unpaired) electrons. The molecule has 5 nitrogen and oxygen atoms in total. The van der Waals surface area contributed by atoms with E-state index in [0.29, 0.717) is 23.7 Å². The fourth-order valence-electron chi connectivity index (χ4n) is 4.08. The molecule has 1 aromatic heterocycles. The third-order valence-corrected chi connectivity index (χ3v) is 5.97. The highest BCUT2D eigenvalue weighted by molar-refractivity contribution is 6.10. The molecule has 0 unspecified atom stereocenters. The van der Waals surface area contributed by atoms with Gasteiger partial charge in [0.05, 0.1) is 18.7 Å². The van der Waals surface area contributed by atoms with Crippen LogP contribution in [0.2, 0.25) is 0 Å². The van der Waals surface area contributed by atoms with E-state index in [9.17, 15) is 14.7 Å². The summed E-state index contributed by atoms with van der Waals surface area (Å²) in [5.74, 6) is -0.479. The van der Waals surface area contributed by atoms with E-state index >= 15 is 0 Å². The molecule has 1 N–H and O–H groups in total. The first-order valence-electron chi connectivity index (χ1n) is 10.5. The summed E-state index contributed by atoms with van der Waals surface area (Å²) in [5.41, 5.74) is 2.72. The lowest BCUT2D eigenvalue weighted by Gasteiger charge is -2.23. The van der Waals surface area contributed by atoms with E-state index in [2.05, 4.69) is 37.0 Å². The predicted octanol–water partition coefficient (Wildman–Crippen LogP) is 4.52. The van der Waals surface area contributed by atoms with Gasteiger partial charge in [0.1, 0.15) is 5.69 Å². The van der Waals surface area contributed by atoms with Crippen molar-refractivity contribution in [2.24, 2.45) is 0 Å². The van der Waals surface area contributed by atoms with Crippen LogP contribution in [0.25, 0.3) is 0 Å². The number of aliphatic hydroxyl groups is 1. The molecule has 0 aliphatic carbocycles. The number of fused-ring (bicyclic) bond motifs is 1. The topological polar surface area (TPSA) is 70.5 Å². The Labute approximate surface area is 182 Å². The van der Waals surface area contributed by atoms with Crippen molar-refractivity contribution in [3.63, 3.8) is 0 Å². The highest BCUT2D eigenvalue weighted by Gasteiger charge is 2.50. The fraction of sp³-hybridized carbons (Fsp3) is 0.269. The second-order valence-corrected chi connectivity index (χ2v) is 8.42. The molecule has 2 heterocycles. The number of Topliss-reactive ketones (excluding diaryl/α,β-unsaturated/α-hetero) is 1. The predicted molar refractivity (Wildman–Crippen MR) is 120 cm³/mol. The van der Waals surface area contributed by atoms with Gasteiger partial charge in [0.2, 0.25) is 0 Å². The molecule has 0 saturated carbocycles. The summed E-state index contributed by atoms with van der Waals surface area (Å²) in [4.78, 5) is 32.0. The van der Waals surface area contributed by atoms with Crippen molar-refractivity contribution < 1.29 is 14.7 Å². The van der Waals surface area contributed by atoms with Crippen LogP contribution in [0.4, 0.5) is 5.69 Å². The molecule has 2 aromatic carbocycles. The number of benzene rings is 2. The molecule has 4 rings (SSSR count). The maximum atomic E-state index is 13.5. The minimum Gasteiger partial charge on any atom is -0.375 e. The van der Waals surface area contributed by atoms with Gasteiger partial charge in [-0.05, 0) is 47.7 Å². The first-order chi connectivity index (χ1) is 14.8. The number of anilines is 1. The maximum absolute atomic E-state index is 13.5. The Morgan fingerprint density at radius 2 is 1.84 bits per heavy atom. The summed E-state index contributed by atoms with van der Waals surface area (Å²) in [5, 5.41) is 11.5. The molecule has 1 atom stereocenters. The van der Waals surface area contributed by atoms with Crippen molar-refractivity contribution in [2.75, 3.05) is 4.90 Å². The normalized spacial score (nSPS) is 17.8. The molecule has 158 valence electrons. The van der Waals surface area contributed by atoms with E-state index in [4.69, 9.17) is 0 Å². The largest absolute Gasteiger partial charge is 0.375 e. The Morgan fingerprint density at radius 3 is 2.55 bits per heavy atom. The summed E-state index contributed by atoms with van der Waals surface area (Å²) in [6, 6.07) is 18.5. The molecular weight excluding hydrogens is 388 g/mol. The van der Waals surface area contributed by atoms with Gasteiger partial charge in [0, 0.05) is 11.8 Å². The van der Waals surface area contributed by atoms with Crippen LogP contribution in [0.3, 0.4) is 0 Å². The van der Waals surface area contributed by atoms with Gasteiger partial charge in [0.25, 0.3) is 5.91 Å². The lowest BCUT2D eigenvalue weighted by Crippen LogP contribution is -2.41. The van der Waals surface area contributed by atoms with Gasteiger partial charge < -0.3 is 10.0 Å². The minimum atomic E-state index is -1.91. The molecule has 5 heteroatoms. The average Bonchev–Trinajstić information content (AvgIpc) is 2.97. The van der Waals surface area contributed by atoms with E-state index in [0.717, 1.165) is 11.1 Å². The molecule has 0 spiro atoms. The summed E-state index contributed by atoms with van der Waals surface area (Å²) in [7, 11) is 0.